The number of amides is 1. The van der Waals surface area contributed by atoms with Crippen molar-refractivity contribution in [3.05, 3.63) is 65.2 Å². The number of benzene rings is 2. The van der Waals surface area contributed by atoms with E-state index in [-0.39, 0.29) is 12.5 Å². The van der Waals surface area contributed by atoms with Gasteiger partial charge in [0.15, 0.2) is 6.61 Å². The van der Waals surface area contributed by atoms with E-state index in [1.807, 2.05) is 30.3 Å². The van der Waals surface area contributed by atoms with Crippen LogP contribution in [0.1, 0.15) is 25.3 Å². The fraction of sp³-hybridized carbons (Fsp3) is 0.222. The summed E-state index contributed by atoms with van der Waals surface area (Å²) in [5.41, 5.74) is 4.41. The number of nitrogens with zero attached hydrogens (tertiary/aromatic N) is 1. The Bertz CT molecular complexity index is 654. The van der Waals surface area contributed by atoms with Gasteiger partial charge >= 0.3 is 0 Å². The number of carbonyl (C=O) groups is 1. The molecule has 0 aliphatic carbocycles. The number of hydrogen-bond acceptors (Lipinski definition) is 3. The Morgan fingerprint density at radius 1 is 1.13 bits per heavy atom. The van der Waals surface area contributed by atoms with E-state index < -0.39 is 0 Å². The summed E-state index contributed by atoms with van der Waals surface area (Å²) in [5.74, 6) is 0.287. The van der Waals surface area contributed by atoms with Crippen LogP contribution in [0.4, 0.5) is 0 Å². The summed E-state index contributed by atoms with van der Waals surface area (Å²) in [5, 5.41) is 4.85. The molecular formula is C18H19ClN2O2. The Hall–Kier alpha value is -2.33. The summed E-state index contributed by atoms with van der Waals surface area (Å²) < 4.78 is 5.38. The molecule has 0 spiro atoms. The van der Waals surface area contributed by atoms with Crippen LogP contribution < -0.4 is 10.2 Å². The average Bonchev–Trinajstić information content (AvgIpc) is 2.59. The third-order valence-electron chi connectivity index (χ3n) is 3.09. The van der Waals surface area contributed by atoms with Gasteiger partial charge < -0.3 is 4.74 Å². The van der Waals surface area contributed by atoms with Gasteiger partial charge in [0.1, 0.15) is 5.75 Å². The topological polar surface area (TPSA) is 50.7 Å². The number of halogens is 1. The number of ether oxygens (including phenoxy) is 1. The predicted octanol–water partition coefficient (Wildman–Crippen LogP) is 4.04. The van der Waals surface area contributed by atoms with Crippen molar-refractivity contribution in [3.63, 3.8) is 0 Å². The van der Waals surface area contributed by atoms with E-state index in [2.05, 4.69) is 17.5 Å². The van der Waals surface area contributed by atoms with Gasteiger partial charge in [-0.15, -0.1) is 0 Å². The first kappa shape index (κ1) is 17.0. The predicted molar refractivity (Wildman–Crippen MR) is 93.0 cm³/mol. The Balaban J connectivity index is 1.91. The van der Waals surface area contributed by atoms with Gasteiger partial charge in [-0.1, -0.05) is 55.3 Å². The highest BCUT2D eigenvalue weighted by Crippen LogP contribution is 2.15. The van der Waals surface area contributed by atoms with Crippen molar-refractivity contribution in [1.29, 1.82) is 0 Å². The van der Waals surface area contributed by atoms with Gasteiger partial charge in [0.25, 0.3) is 5.91 Å². The van der Waals surface area contributed by atoms with Crippen LogP contribution in [0.3, 0.4) is 0 Å². The summed E-state index contributed by atoms with van der Waals surface area (Å²) in [4.78, 5) is 11.9. The summed E-state index contributed by atoms with van der Waals surface area (Å²) >= 11 is 5.79. The smallest absolute Gasteiger partial charge is 0.277 e. The SMILES string of the molecule is CCC/C(=N/NC(=O)COc1ccc(Cl)cc1)c1ccccc1. The van der Waals surface area contributed by atoms with Crippen LogP contribution in [0.2, 0.25) is 5.02 Å². The molecule has 0 aliphatic rings. The lowest BCUT2D eigenvalue weighted by Gasteiger charge is -2.07. The van der Waals surface area contributed by atoms with Crippen molar-refractivity contribution < 1.29 is 9.53 Å². The zero-order valence-corrected chi connectivity index (χ0v) is 13.7. The standard InChI is InChI=1S/C18H19ClN2O2/c1-2-6-17(14-7-4-3-5-8-14)20-21-18(22)13-23-16-11-9-15(19)10-12-16/h3-5,7-12H,2,6,13H2,1H3,(H,21,22)/b20-17-. The Morgan fingerprint density at radius 3 is 2.48 bits per heavy atom. The number of nitrogens with one attached hydrogen (secondary N) is 1. The van der Waals surface area contributed by atoms with Crippen molar-refractivity contribution in [2.24, 2.45) is 5.10 Å². The van der Waals surface area contributed by atoms with Crippen molar-refractivity contribution in [1.82, 2.24) is 5.43 Å². The van der Waals surface area contributed by atoms with Crippen LogP contribution in [0.5, 0.6) is 5.75 Å². The van der Waals surface area contributed by atoms with Gasteiger partial charge in [-0.3, -0.25) is 4.79 Å². The molecule has 0 aliphatic heterocycles. The fourth-order valence-corrected chi connectivity index (χ4v) is 2.10. The Morgan fingerprint density at radius 2 is 1.83 bits per heavy atom. The number of hydrogen-bond donors (Lipinski definition) is 1. The van der Waals surface area contributed by atoms with Crippen molar-refractivity contribution in [3.8, 4) is 5.75 Å². The molecule has 0 saturated heterocycles. The summed E-state index contributed by atoms with van der Waals surface area (Å²) in [7, 11) is 0. The fourth-order valence-electron chi connectivity index (χ4n) is 1.97. The first-order valence-electron chi connectivity index (χ1n) is 7.48. The summed E-state index contributed by atoms with van der Waals surface area (Å²) in [6, 6.07) is 16.7. The van der Waals surface area contributed by atoms with E-state index in [0.717, 1.165) is 24.1 Å². The minimum atomic E-state index is -0.301. The van der Waals surface area contributed by atoms with Gasteiger partial charge in [0.2, 0.25) is 0 Å². The highest BCUT2D eigenvalue weighted by Gasteiger charge is 2.05. The Kier molecular flexibility index (Phi) is 6.63. The molecule has 2 aromatic carbocycles. The van der Waals surface area contributed by atoms with Gasteiger partial charge in [-0.05, 0) is 36.2 Å². The summed E-state index contributed by atoms with van der Waals surface area (Å²) in [6.45, 7) is 1.98. The molecule has 0 unspecified atom stereocenters. The molecule has 0 fully saturated rings. The normalized spacial score (nSPS) is 11.1. The molecule has 0 saturated carbocycles. The van der Waals surface area contributed by atoms with Crippen LogP contribution in [-0.4, -0.2) is 18.2 Å². The quantitative estimate of drug-likeness (QED) is 0.615. The lowest BCUT2D eigenvalue weighted by atomic mass is 10.1. The van der Waals surface area contributed by atoms with Crippen LogP contribution in [0.15, 0.2) is 59.7 Å². The van der Waals surface area contributed by atoms with Crippen LogP contribution in [-0.2, 0) is 4.79 Å². The highest BCUT2D eigenvalue weighted by molar-refractivity contribution is 6.30. The molecule has 2 rings (SSSR count). The highest BCUT2D eigenvalue weighted by atomic mass is 35.5. The van der Waals surface area contributed by atoms with Gasteiger partial charge in [-0.25, -0.2) is 5.43 Å². The molecular weight excluding hydrogens is 312 g/mol. The van der Waals surface area contributed by atoms with Gasteiger partial charge in [0.05, 0.1) is 5.71 Å². The molecule has 0 radical (unpaired) electrons. The molecule has 23 heavy (non-hydrogen) atoms. The van der Waals surface area contributed by atoms with Crippen molar-refractivity contribution >= 4 is 23.2 Å². The molecule has 1 N–H and O–H groups in total. The maximum atomic E-state index is 11.9. The van der Waals surface area contributed by atoms with E-state index >= 15 is 0 Å². The average molecular weight is 331 g/mol. The second kappa shape index (κ2) is 8.96. The monoisotopic (exact) mass is 330 g/mol. The molecule has 1 amide bonds. The van der Waals surface area contributed by atoms with Gasteiger partial charge in [0, 0.05) is 5.02 Å². The number of rotatable bonds is 7. The molecule has 2 aromatic rings. The Labute approximate surface area is 141 Å². The molecule has 0 aromatic heterocycles. The number of carbonyl (C=O) groups excluding carboxylic acids is 1. The molecule has 120 valence electrons. The molecule has 0 bridgehead atoms. The third-order valence-corrected chi connectivity index (χ3v) is 3.34. The van der Waals surface area contributed by atoms with Gasteiger partial charge in [-0.2, -0.15) is 5.10 Å². The number of hydrazone groups is 1. The zero-order valence-electron chi connectivity index (χ0n) is 13.0. The van der Waals surface area contributed by atoms with Crippen molar-refractivity contribution in [2.45, 2.75) is 19.8 Å². The third kappa shape index (κ3) is 5.75. The molecule has 5 heteroatoms. The van der Waals surface area contributed by atoms with E-state index in [0.29, 0.717) is 10.8 Å². The summed E-state index contributed by atoms with van der Waals surface area (Å²) in [6.07, 6.45) is 1.74. The largest absolute Gasteiger partial charge is 0.484 e. The zero-order chi connectivity index (χ0) is 16.5. The minimum absolute atomic E-state index is 0.0979. The first-order valence-corrected chi connectivity index (χ1v) is 7.86. The van der Waals surface area contributed by atoms with Crippen LogP contribution in [0, 0.1) is 0 Å². The first-order chi connectivity index (χ1) is 11.2. The second-order valence-electron chi connectivity index (χ2n) is 4.95. The lowest BCUT2D eigenvalue weighted by molar-refractivity contribution is -0.123. The molecule has 4 nitrogen and oxygen atoms in total. The van der Waals surface area contributed by atoms with E-state index in [9.17, 15) is 4.79 Å². The molecule has 0 atom stereocenters. The van der Waals surface area contributed by atoms with E-state index in [1.54, 1.807) is 24.3 Å². The van der Waals surface area contributed by atoms with Crippen LogP contribution >= 0.6 is 11.6 Å². The lowest BCUT2D eigenvalue weighted by Crippen LogP contribution is -2.26. The van der Waals surface area contributed by atoms with E-state index in [1.165, 1.54) is 0 Å². The van der Waals surface area contributed by atoms with Crippen LogP contribution in [0.25, 0.3) is 0 Å². The minimum Gasteiger partial charge on any atom is -0.484 e. The molecule has 0 heterocycles. The maximum absolute atomic E-state index is 11.9. The maximum Gasteiger partial charge on any atom is 0.277 e. The van der Waals surface area contributed by atoms with Crippen molar-refractivity contribution in [2.75, 3.05) is 6.61 Å². The van der Waals surface area contributed by atoms with E-state index in [4.69, 9.17) is 16.3 Å². The second-order valence-corrected chi connectivity index (χ2v) is 5.39.